The van der Waals surface area contributed by atoms with E-state index in [1.54, 1.807) is 12.3 Å². The summed E-state index contributed by atoms with van der Waals surface area (Å²) in [6.45, 7) is 2.22. The highest BCUT2D eigenvalue weighted by atomic mass is 79.9. The number of aryl methyl sites for hydroxylation is 1. The zero-order valence-corrected chi connectivity index (χ0v) is 18.3. The third-order valence-electron chi connectivity index (χ3n) is 3.82. The van der Waals surface area contributed by atoms with Crippen molar-refractivity contribution in [2.45, 2.75) is 13.5 Å². The van der Waals surface area contributed by atoms with Crippen molar-refractivity contribution in [1.82, 2.24) is 0 Å². The second-order valence-corrected chi connectivity index (χ2v) is 8.12. The van der Waals surface area contributed by atoms with Crippen molar-refractivity contribution in [1.29, 1.82) is 0 Å². The number of halogens is 4. The summed E-state index contributed by atoms with van der Waals surface area (Å²) in [6.07, 6.45) is 1.73. The molecule has 0 aromatic heterocycles. The van der Waals surface area contributed by atoms with Crippen LogP contribution in [0.2, 0.25) is 5.02 Å². The van der Waals surface area contributed by atoms with Gasteiger partial charge in [0.15, 0.2) is 0 Å². The predicted molar refractivity (Wildman–Crippen MR) is 116 cm³/mol. The minimum absolute atomic E-state index is 0.245. The van der Waals surface area contributed by atoms with E-state index in [0.29, 0.717) is 10.8 Å². The Morgan fingerprint density at radius 2 is 1.93 bits per heavy atom. The molecule has 3 rings (SSSR count). The number of ether oxygens (including phenoxy) is 1. The van der Waals surface area contributed by atoms with Crippen molar-refractivity contribution in [3.63, 3.8) is 0 Å². The first-order valence-corrected chi connectivity index (χ1v) is 10.1. The van der Waals surface area contributed by atoms with Gasteiger partial charge in [-0.15, -0.1) is 0 Å². The number of hydrogen-bond donors (Lipinski definition) is 0. The fourth-order valence-corrected chi connectivity index (χ4v) is 4.01. The molecule has 0 heterocycles. The van der Waals surface area contributed by atoms with Crippen LogP contribution in [-0.4, -0.2) is 6.21 Å². The Balaban J connectivity index is 1.90. The lowest BCUT2D eigenvalue weighted by Crippen LogP contribution is -2.00. The van der Waals surface area contributed by atoms with E-state index in [-0.39, 0.29) is 12.4 Å². The monoisotopic (exact) mass is 509 g/mol. The first-order valence-electron chi connectivity index (χ1n) is 8.09. The topological polar surface area (TPSA) is 21.6 Å². The SMILES string of the molecule is Cc1ccc(Cl)cc1N=Cc1cc(Br)cc(Br)c1OCc1cccc(F)c1. The average Bonchev–Trinajstić information content (AvgIpc) is 2.61. The molecular weight excluding hydrogens is 496 g/mol. The van der Waals surface area contributed by atoms with E-state index >= 15 is 0 Å². The smallest absolute Gasteiger partial charge is 0.142 e. The molecule has 0 spiro atoms. The van der Waals surface area contributed by atoms with Gasteiger partial charge in [0.25, 0.3) is 0 Å². The maximum Gasteiger partial charge on any atom is 0.142 e. The Labute approximate surface area is 179 Å². The van der Waals surface area contributed by atoms with Gasteiger partial charge in [0.1, 0.15) is 18.2 Å². The molecule has 3 aromatic rings. The van der Waals surface area contributed by atoms with Crippen LogP contribution in [0.15, 0.2) is 68.5 Å². The molecule has 0 radical (unpaired) electrons. The van der Waals surface area contributed by atoms with Crippen molar-refractivity contribution in [2.24, 2.45) is 4.99 Å². The lowest BCUT2D eigenvalue weighted by Gasteiger charge is -2.12. The molecular formula is C21H15Br2ClFNO. The van der Waals surface area contributed by atoms with Crippen LogP contribution < -0.4 is 4.74 Å². The molecule has 0 amide bonds. The van der Waals surface area contributed by atoms with Crippen LogP contribution >= 0.6 is 43.5 Å². The Hall–Kier alpha value is -1.69. The number of aliphatic imine (C=N–C) groups is 1. The maximum absolute atomic E-state index is 13.4. The molecule has 0 aliphatic carbocycles. The quantitative estimate of drug-likeness (QED) is 0.323. The van der Waals surface area contributed by atoms with E-state index in [9.17, 15) is 4.39 Å². The van der Waals surface area contributed by atoms with Crippen LogP contribution in [0.25, 0.3) is 0 Å². The summed E-state index contributed by atoms with van der Waals surface area (Å²) in [7, 11) is 0. The summed E-state index contributed by atoms with van der Waals surface area (Å²) < 4.78 is 21.0. The molecule has 0 aliphatic rings. The van der Waals surface area contributed by atoms with Crippen molar-refractivity contribution in [3.8, 4) is 5.75 Å². The van der Waals surface area contributed by atoms with Crippen LogP contribution in [0.3, 0.4) is 0 Å². The average molecular weight is 512 g/mol. The first-order chi connectivity index (χ1) is 12.9. The van der Waals surface area contributed by atoms with Crippen molar-refractivity contribution >= 4 is 55.4 Å². The van der Waals surface area contributed by atoms with Crippen molar-refractivity contribution < 1.29 is 9.13 Å². The highest BCUT2D eigenvalue weighted by Crippen LogP contribution is 2.33. The largest absolute Gasteiger partial charge is 0.487 e. The maximum atomic E-state index is 13.4. The molecule has 0 fully saturated rings. The summed E-state index contributed by atoms with van der Waals surface area (Å²) in [5.41, 5.74) is 3.34. The lowest BCUT2D eigenvalue weighted by atomic mass is 10.2. The summed E-state index contributed by atoms with van der Waals surface area (Å²) in [5.74, 6) is 0.343. The van der Waals surface area contributed by atoms with Crippen LogP contribution in [0, 0.1) is 12.7 Å². The van der Waals surface area contributed by atoms with Crippen molar-refractivity contribution in [3.05, 3.63) is 91.1 Å². The van der Waals surface area contributed by atoms with Gasteiger partial charge in [-0.1, -0.05) is 45.7 Å². The van der Waals surface area contributed by atoms with E-state index in [4.69, 9.17) is 16.3 Å². The van der Waals surface area contributed by atoms with Crippen LogP contribution in [-0.2, 0) is 6.61 Å². The van der Waals surface area contributed by atoms with Crippen LogP contribution in [0.5, 0.6) is 5.75 Å². The number of benzene rings is 3. The molecule has 138 valence electrons. The van der Waals surface area contributed by atoms with Gasteiger partial charge in [0, 0.05) is 21.3 Å². The number of hydrogen-bond acceptors (Lipinski definition) is 2. The minimum atomic E-state index is -0.288. The van der Waals surface area contributed by atoms with Gasteiger partial charge in [0.05, 0.1) is 10.2 Å². The highest BCUT2D eigenvalue weighted by Gasteiger charge is 2.10. The Bertz CT molecular complexity index is 1010. The summed E-state index contributed by atoms with van der Waals surface area (Å²) in [4.78, 5) is 4.56. The molecule has 0 saturated carbocycles. The fraction of sp³-hybridized carbons (Fsp3) is 0.0952. The first kappa shape index (κ1) is 20.1. The third kappa shape index (κ3) is 5.41. The number of rotatable bonds is 5. The Morgan fingerprint density at radius 3 is 2.70 bits per heavy atom. The highest BCUT2D eigenvalue weighted by molar-refractivity contribution is 9.11. The third-order valence-corrected chi connectivity index (χ3v) is 5.11. The van der Waals surface area contributed by atoms with Gasteiger partial charge in [0.2, 0.25) is 0 Å². The van der Waals surface area contributed by atoms with Crippen molar-refractivity contribution in [2.75, 3.05) is 0 Å². The van der Waals surface area contributed by atoms with E-state index in [0.717, 1.165) is 31.3 Å². The van der Waals surface area contributed by atoms with Gasteiger partial charge in [-0.3, -0.25) is 4.99 Å². The zero-order chi connectivity index (χ0) is 19.4. The Kier molecular flexibility index (Phi) is 6.68. The van der Waals surface area contributed by atoms with E-state index in [1.165, 1.54) is 12.1 Å². The van der Waals surface area contributed by atoms with Crippen LogP contribution in [0.4, 0.5) is 10.1 Å². The second-order valence-electron chi connectivity index (χ2n) is 5.91. The van der Waals surface area contributed by atoms with Gasteiger partial charge in [-0.05, 0) is 70.4 Å². The van der Waals surface area contributed by atoms with E-state index < -0.39 is 0 Å². The molecule has 0 aliphatic heterocycles. The standard InChI is InChI=1S/C21H15Br2ClFNO/c1-13-5-6-17(24)10-20(13)26-11-15-8-16(22)9-19(23)21(15)27-12-14-3-2-4-18(25)7-14/h2-11H,12H2,1H3. The molecule has 0 unspecified atom stereocenters. The molecule has 0 saturated heterocycles. The Morgan fingerprint density at radius 1 is 1.11 bits per heavy atom. The normalized spacial score (nSPS) is 11.1. The summed E-state index contributed by atoms with van der Waals surface area (Å²) in [6, 6.07) is 15.7. The predicted octanol–water partition coefficient (Wildman–Crippen LogP) is 7.64. The zero-order valence-electron chi connectivity index (χ0n) is 14.3. The van der Waals surface area contributed by atoms with E-state index in [1.807, 2.05) is 43.3 Å². The molecule has 27 heavy (non-hydrogen) atoms. The second kappa shape index (κ2) is 9.00. The molecule has 0 bridgehead atoms. The summed E-state index contributed by atoms with van der Waals surface area (Å²) in [5, 5.41) is 0.630. The molecule has 6 heteroatoms. The summed E-state index contributed by atoms with van der Waals surface area (Å²) >= 11 is 13.1. The number of nitrogens with zero attached hydrogens (tertiary/aromatic N) is 1. The fourth-order valence-electron chi connectivity index (χ4n) is 2.47. The molecule has 2 nitrogen and oxygen atoms in total. The van der Waals surface area contributed by atoms with Gasteiger partial charge in [-0.25, -0.2) is 4.39 Å². The molecule has 0 N–H and O–H groups in total. The lowest BCUT2D eigenvalue weighted by molar-refractivity contribution is 0.303. The van der Waals surface area contributed by atoms with Crippen LogP contribution in [0.1, 0.15) is 16.7 Å². The van der Waals surface area contributed by atoms with Gasteiger partial charge >= 0.3 is 0 Å². The van der Waals surface area contributed by atoms with E-state index in [2.05, 4.69) is 36.9 Å². The van der Waals surface area contributed by atoms with Gasteiger partial charge < -0.3 is 4.74 Å². The molecule has 3 aromatic carbocycles. The van der Waals surface area contributed by atoms with Gasteiger partial charge in [-0.2, -0.15) is 0 Å². The molecule has 0 atom stereocenters. The minimum Gasteiger partial charge on any atom is -0.487 e.